The normalized spacial score (nSPS) is 22.6. The molecule has 2 atom stereocenters. The molecule has 1 aliphatic rings. The standard InChI is InChI=1S/C15H21BrN2O3/c1-9(2)18-8-11(16)7-12(18)14(19)17-5-4-10(3)6-13(17)15(20)21/h7-10,13H,4-6H2,1-3H3,(H,20,21). The van der Waals surface area contributed by atoms with Gasteiger partial charge in [0.1, 0.15) is 11.7 Å². The second-order valence-corrected chi connectivity index (χ2v) is 6.94. The first-order chi connectivity index (χ1) is 9.81. The van der Waals surface area contributed by atoms with Crippen molar-refractivity contribution in [3.05, 3.63) is 22.4 Å². The van der Waals surface area contributed by atoms with E-state index in [0.717, 1.165) is 10.9 Å². The highest BCUT2D eigenvalue weighted by Crippen LogP contribution is 2.27. The number of amides is 1. The summed E-state index contributed by atoms with van der Waals surface area (Å²) in [7, 11) is 0. The quantitative estimate of drug-likeness (QED) is 0.904. The first-order valence-corrected chi connectivity index (χ1v) is 8.01. The maximum absolute atomic E-state index is 12.8. The Bertz CT molecular complexity index is 553. The third-order valence-corrected chi connectivity index (χ3v) is 4.43. The van der Waals surface area contributed by atoms with Gasteiger partial charge < -0.3 is 14.6 Å². The molecule has 2 unspecified atom stereocenters. The number of nitrogens with zero attached hydrogens (tertiary/aromatic N) is 2. The second-order valence-electron chi connectivity index (χ2n) is 6.03. The van der Waals surface area contributed by atoms with Crippen LogP contribution in [0.4, 0.5) is 0 Å². The summed E-state index contributed by atoms with van der Waals surface area (Å²) in [6, 6.07) is 1.18. The summed E-state index contributed by atoms with van der Waals surface area (Å²) < 4.78 is 2.71. The van der Waals surface area contributed by atoms with Crippen molar-refractivity contribution in [3.8, 4) is 0 Å². The van der Waals surface area contributed by atoms with Gasteiger partial charge in [0.05, 0.1) is 0 Å². The third-order valence-electron chi connectivity index (χ3n) is 4.00. The predicted octanol–water partition coefficient (Wildman–Crippen LogP) is 3.16. The Hall–Kier alpha value is -1.30. The van der Waals surface area contributed by atoms with E-state index in [1.807, 2.05) is 31.5 Å². The number of hydrogen-bond acceptors (Lipinski definition) is 2. The lowest BCUT2D eigenvalue weighted by Gasteiger charge is -2.36. The Kier molecular flexibility index (Phi) is 4.76. The van der Waals surface area contributed by atoms with Crippen LogP contribution in [0.3, 0.4) is 0 Å². The number of carboxylic acids is 1. The summed E-state index contributed by atoms with van der Waals surface area (Å²) in [5, 5.41) is 9.40. The lowest BCUT2D eigenvalue weighted by atomic mass is 9.92. The number of hydrogen-bond donors (Lipinski definition) is 1. The molecule has 0 aliphatic carbocycles. The van der Waals surface area contributed by atoms with Crippen molar-refractivity contribution in [1.29, 1.82) is 0 Å². The van der Waals surface area contributed by atoms with Gasteiger partial charge >= 0.3 is 5.97 Å². The summed E-state index contributed by atoms with van der Waals surface area (Å²) in [5.74, 6) is -0.788. The van der Waals surface area contributed by atoms with Crippen molar-refractivity contribution in [2.45, 2.75) is 45.7 Å². The minimum atomic E-state index is -0.920. The monoisotopic (exact) mass is 356 g/mol. The van der Waals surface area contributed by atoms with Crippen LogP contribution in [0.1, 0.15) is 50.1 Å². The number of halogens is 1. The van der Waals surface area contributed by atoms with E-state index >= 15 is 0 Å². The summed E-state index contributed by atoms with van der Waals surface area (Å²) in [6.45, 7) is 6.52. The molecule has 1 aromatic heterocycles. The molecule has 2 heterocycles. The number of likely N-dealkylation sites (tertiary alicyclic amines) is 1. The van der Waals surface area contributed by atoms with Gasteiger partial charge in [-0.25, -0.2) is 4.79 Å². The molecule has 1 N–H and O–H groups in total. The lowest BCUT2D eigenvalue weighted by Crippen LogP contribution is -2.50. The van der Waals surface area contributed by atoms with Gasteiger partial charge in [0.25, 0.3) is 5.91 Å². The van der Waals surface area contributed by atoms with Crippen LogP contribution in [0.15, 0.2) is 16.7 Å². The van der Waals surface area contributed by atoms with Crippen molar-refractivity contribution in [3.63, 3.8) is 0 Å². The maximum atomic E-state index is 12.8. The van der Waals surface area contributed by atoms with Crippen molar-refractivity contribution in [2.24, 2.45) is 5.92 Å². The molecule has 0 spiro atoms. The van der Waals surface area contributed by atoms with Crippen LogP contribution in [0.2, 0.25) is 0 Å². The summed E-state index contributed by atoms with van der Waals surface area (Å²) in [6.07, 6.45) is 3.23. The molecule has 0 aromatic carbocycles. The largest absolute Gasteiger partial charge is 0.480 e. The smallest absolute Gasteiger partial charge is 0.326 e. The van der Waals surface area contributed by atoms with Crippen LogP contribution in [-0.4, -0.2) is 39.0 Å². The van der Waals surface area contributed by atoms with Gasteiger partial charge in [-0.1, -0.05) is 6.92 Å². The Labute approximate surface area is 133 Å². The summed E-state index contributed by atoms with van der Waals surface area (Å²) in [5.41, 5.74) is 0.540. The van der Waals surface area contributed by atoms with Crippen molar-refractivity contribution in [2.75, 3.05) is 6.54 Å². The Morgan fingerprint density at radius 1 is 1.43 bits per heavy atom. The molecular formula is C15H21BrN2O3. The average Bonchev–Trinajstić information content (AvgIpc) is 2.80. The lowest BCUT2D eigenvalue weighted by molar-refractivity contribution is -0.144. The highest BCUT2D eigenvalue weighted by atomic mass is 79.9. The van der Waals surface area contributed by atoms with Gasteiger partial charge in [0, 0.05) is 23.3 Å². The fraction of sp³-hybridized carbons (Fsp3) is 0.600. The molecule has 21 heavy (non-hydrogen) atoms. The molecule has 0 saturated carbocycles. The van der Waals surface area contributed by atoms with Gasteiger partial charge in [0.2, 0.25) is 0 Å². The number of carbonyl (C=O) groups excluding carboxylic acids is 1. The minimum Gasteiger partial charge on any atom is -0.480 e. The SMILES string of the molecule is CC1CCN(C(=O)c2cc(Br)cn2C(C)C)C(C(=O)O)C1. The van der Waals surface area contributed by atoms with Gasteiger partial charge in [-0.05, 0) is 54.6 Å². The van der Waals surface area contributed by atoms with Crippen LogP contribution < -0.4 is 0 Å². The zero-order valence-corrected chi connectivity index (χ0v) is 14.1. The number of carboxylic acid groups (broad SMARTS) is 1. The zero-order valence-electron chi connectivity index (χ0n) is 12.5. The average molecular weight is 357 g/mol. The Morgan fingerprint density at radius 3 is 2.67 bits per heavy atom. The molecule has 0 radical (unpaired) electrons. The molecular weight excluding hydrogens is 336 g/mol. The van der Waals surface area contributed by atoms with Crippen molar-refractivity contribution < 1.29 is 14.7 Å². The fourth-order valence-electron chi connectivity index (χ4n) is 2.81. The molecule has 1 aromatic rings. The van der Waals surface area contributed by atoms with Crippen LogP contribution in [-0.2, 0) is 4.79 Å². The van der Waals surface area contributed by atoms with Crippen molar-refractivity contribution in [1.82, 2.24) is 9.47 Å². The summed E-state index contributed by atoms with van der Waals surface area (Å²) in [4.78, 5) is 25.7. The highest BCUT2D eigenvalue weighted by Gasteiger charge is 2.36. The molecule has 116 valence electrons. The summed E-state index contributed by atoms with van der Waals surface area (Å²) >= 11 is 3.39. The molecule has 1 amide bonds. The van der Waals surface area contributed by atoms with Crippen LogP contribution in [0, 0.1) is 5.92 Å². The van der Waals surface area contributed by atoms with Crippen LogP contribution >= 0.6 is 15.9 Å². The van der Waals surface area contributed by atoms with E-state index in [4.69, 9.17) is 0 Å². The number of aromatic nitrogens is 1. The fourth-order valence-corrected chi connectivity index (χ4v) is 3.25. The van der Waals surface area contributed by atoms with E-state index in [-0.39, 0.29) is 11.9 Å². The Morgan fingerprint density at radius 2 is 2.10 bits per heavy atom. The number of rotatable bonds is 3. The first-order valence-electron chi connectivity index (χ1n) is 7.22. The van der Waals surface area contributed by atoms with E-state index in [1.165, 1.54) is 4.90 Å². The molecule has 2 rings (SSSR count). The number of piperidine rings is 1. The minimum absolute atomic E-state index is 0.141. The third kappa shape index (κ3) is 3.31. The van der Waals surface area contributed by atoms with E-state index in [9.17, 15) is 14.7 Å². The van der Waals surface area contributed by atoms with E-state index in [1.54, 1.807) is 6.07 Å². The highest BCUT2D eigenvalue weighted by molar-refractivity contribution is 9.10. The van der Waals surface area contributed by atoms with Gasteiger partial charge in [-0.2, -0.15) is 0 Å². The van der Waals surface area contributed by atoms with Crippen LogP contribution in [0.5, 0.6) is 0 Å². The van der Waals surface area contributed by atoms with Crippen LogP contribution in [0.25, 0.3) is 0 Å². The zero-order chi connectivity index (χ0) is 15.7. The van der Waals surface area contributed by atoms with Gasteiger partial charge in [0.15, 0.2) is 0 Å². The van der Waals surface area contributed by atoms with E-state index in [2.05, 4.69) is 15.9 Å². The topological polar surface area (TPSA) is 62.5 Å². The Balaban J connectivity index is 2.32. The molecule has 1 aliphatic heterocycles. The van der Waals surface area contributed by atoms with Gasteiger partial charge in [-0.3, -0.25) is 4.79 Å². The van der Waals surface area contributed by atoms with Crippen molar-refractivity contribution >= 4 is 27.8 Å². The predicted molar refractivity (Wildman–Crippen MR) is 83.4 cm³/mol. The number of carbonyl (C=O) groups is 2. The van der Waals surface area contributed by atoms with E-state index < -0.39 is 12.0 Å². The van der Waals surface area contributed by atoms with Gasteiger partial charge in [-0.15, -0.1) is 0 Å². The molecule has 6 heteroatoms. The molecule has 1 saturated heterocycles. The first kappa shape index (κ1) is 16.1. The van der Waals surface area contributed by atoms with E-state index in [0.29, 0.717) is 24.6 Å². The number of aliphatic carboxylic acids is 1. The molecule has 1 fully saturated rings. The second kappa shape index (κ2) is 6.22. The maximum Gasteiger partial charge on any atom is 0.326 e. The molecule has 0 bridgehead atoms. The molecule has 5 nitrogen and oxygen atoms in total.